The van der Waals surface area contributed by atoms with Crippen LogP contribution in [0.3, 0.4) is 0 Å². The van der Waals surface area contributed by atoms with Gasteiger partial charge in [0.25, 0.3) is 0 Å². The minimum Gasteiger partial charge on any atom is -0.453 e. The maximum atomic E-state index is 10.7. The van der Waals surface area contributed by atoms with Gasteiger partial charge in [-0.2, -0.15) is 0 Å². The van der Waals surface area contributed by atoms with Crippen LogP contribution in [0.25, 0.3) is 33.9 Å². The smallest absolute Gasteiger partial charge is 0.185 e. The Kier molecular flexibility index (Phi) is 2.83. The number of H-pyrrole nitrogens is 1. The van der Waals surface area contributed by atoms with Gasteiger partial charge in [0.2, 0.25) is 0 Å². The number of fused-ring (bicyclic) bond motifs is 1. The molecule has 0 aliphatic heterocycles. The first-order chi connectivity index (χ1) is 10.8. The van der Waals surface area contributed by atoms with Gasteiger partial charge in [0.1, 0.15) is 11.5 Å². The van der Waals surface area contributed by atoms with Crippen molar-refractivity contribution in [1.29, 1.82) is 0 Å². The Morgan fingerprint density at radius 3 is 2.82 bits per heavy atom. The van der Waals surface area contributed by atoms with Crippen molar-refractivity contribution in [2.75, 3.05) is 0 Å². The highest BCUT2D eigenvalue weighted by Gasteiger charge is 2.09. The standard InChI is InChI=1S/C17H11N3O2/c21-10-12-5-7-16(22-12)11-4-6-13-15(9-11)20-17(19-13)14-3-1-2-8-18-14/h1-10H,(H,19,20). The number of nitrogens with one attached hydrogen (secondary N) is 1. The summed E-state index contributed by atoms with van der Waals surface area (Å²) >= 11 is 0. The van der Waals surface area contributed by atoms with Gasteiger partial charge in [-0.15, -0.1) is 0 Å². The number of aldehydes is 1. The Bertz CT molecular complexity index is 954. The third-order valence-electron chi connectivity index (χ3n) is 3.42. The molecular formula is C17H11N3O2. The van der Waals surface area contributed by atoms with E-state index in [1.807, 2.05) is 36.4 Å². The zero-order chi connectivity index (χ0) is 14.9. The number of furan rings is 1. The lowest BCUT2D eigenvalue weighted by atomic mass is 10.1. The van der Waals surface area contributed by atoms with E-state index in [9.17, 15) is 4.79 Å². The molecule has 1 aromatic carbocycles. The summed E-state index contributed by atoms with van der Waals surface area (Å²) in [6, 6.07) is 14.9. The summed E-state index contributed by atoms with van der Waals surface area (Å²) in [6.07, 6.45) is 2.43. The summed E-state index contributed by atoms with van der Waals surface area (Å²) in [6.45, 7) is 0. The third kappa shape index (κ3) is 2.09. The predicted molar refractivity (Wildman–Crippen MR) is 82.4 cm³/mol. The Hall–Kier alpha value is -3.21. The van der Waals surface area contributed by atoms with Crippen LogP contribution in [0.15, 0.2) is 59.1 Å². The lowest BCUT2D eigenvalue weighted by Crippen LogP contribution is -1.82. The van der Waals surface area contributed by atoms with Crippen molar-refractivity contribution in [2.45, 2.75) is 0 Å². The second kappa shape index (κ2) is 4.96. The number of hydrogen-bond acceptors (Lipinski definition) is 4. The number of aromatic nitrogens is 3. The van der Waals surface area contributed by atoms with Crippen molar-refractivity contribution in [3.8, 4) is 22.8 Å². The molecule has 4 aromatic rings. The van der Waals surface area contributed by atoms with E-state index >= 15 is 0 Å². The second-order valence-electron chi connectivity index (χ2n) is 4.85. The number of nitrogens with zero attached hydrogens (tertiary/aromatic N) is 2. The van der Waals surface area contributed by atoms with Crippen molar-refractivity contribution in [2.24, 2.45) is 0 Å². The molecule has 106 valence electrons. The van der Waals surface area contributed by atoms with Crippen LogP contribution in [0.5, 0.6) is 0 Å². The van der Waals surface area contributed by atoms with E-state index < -0.39 is 0 Å². The fourth-order valence-electron chi connectivity index (χ4n) is 2.36. The summed E-state index contributed by atoms with van der Waals surface area (Å²) in [5, 5.41) is 0. The van der Waals surface area contributed by atoms with Crippen molar-refractivity contribution in [1.82, 2.24) is 15.0 Å². The van der Waals surface area contributed by atoms with E-state index in [4.69, 9.17) is 4.42 Å². The quantitative estimate of drug-likeness (QED) is 0.584. The molecule has 0 radical (unpaired) electrons. The molecule has 3 aromatic heterocycles. The largest absolute Gasteiger partial charge is 0.453 e. The molecular weight excluding hydrogens is 278 g/mol. The van der Waals surface area contributed by atoms with Gasteiger partial charge in [-0.05, 0) is 42.5 Å². The normalized spacial score (nSPS) is 10.9. The molecule has 0 amide bonds. The number of aromatic amines is 1. The summed E-state index contributed by atoms with van der Waals surface area (Å²) < 4.78 is 5.44. The minimum atomic E-state index is 0.314. The van der Waals surface area contributed by atoms with Gasteiger partial charge >= 0.3 is 0 Å². The molecule has 0 saturated heterocycles. The number of hydrogen-bond donors (Lipinski definition) is 1. The molecule has 0 fully saturated rings. The molecule has 3 heterocycles. The number of rotatable bonds is 3. The topological polar surface area (TPSA) is 71.8 Å². The Morgan fingerprint density at radius 2 is 2.05 bits per heavy atom. The highest BCUT2D eigenvalue weighted by atomic mass is 16.3. The number of benzene rings is 1. The van der Waals surface area contributed by atoms with E-state index in [0.717, 1.165) is 28.1 Å². The van der Waals surface area contributed by atoms with Crippen LogP contribution in [-0.4, -0.2) is 21.2 Å². The van der Waals surface area contributed by atoms with Gasteiger partial charge in [0, 0.05) is 11.8 Å². The molecule has 5 nitrogen and oxygen atoms in total. The minimum absolute atomic E-state index is 0.314. The summed E-state index contributed by atoms with van der Waals surface area (Å²) in [7, 11) is 0. The highest BCUT2D eigenvalue weighted by molar-refractivity contribution is 5.83. The monoisotopic (exact) mass is 289 g/mol. The van der Waals surface area contributed by atoms with Crippen LogP contribution >= 0.6 is 0 Å². The Labute approximate surface area is 125 Å². The Balaban J connectivity index is 1.79. The lowest BCUT2D eigenvalue weighted by Gasteiger charge is -1.96. The molecule has 0 saturated carbocycles. The van der Waals surface area contributed by atoms with Crippen LogP contribution in [0.1, 0.15) is 10.6 Å². The summed E-state index contributed by atoms with van der Waals surface area (Å²) in [5.74, 6) is 1.69. The Morgan fingerprint density at radius 1 is 1.09 bits per heavy atom. The molecule has 0 aliphatic rings. The molecule has 5 heteroatoms. The van der Waals surface area contributed by atoms with Crippen molar-refractivity contribution < 1.29 is 9.21 Å². The van der Waals surface area contributed by atoms with E-state index in [-0.39, 0.29) is 0 Å². The zero-order valence-corrected chi connectivity index (χ0v) is 11.5. The molecule has 0 atom stereocenters. The van der Waals surface area contributed by atoms with E-state index in [1.165, 1.54) is 0 Å². The number of imidazole rings is 1. The number of carbonyl (C=O) groups excluding carboxylic acids is 1. The molecule has 22 heavy (non-hydrogen) atoms. The number of carbonyl (C=O) groups is 1. The molecule has 4 rings (SSSR count). The molecule has 0 spiro atoms. The maximum absolute atomic E-state index is 10.7. The molecule has 0 unspecified atom stereocenters. The van der Waals surface area contributed by atoms with Crippen LogP contribution in [-0.2, 0) is 0 Å². The third-order valence-corrected chi connectivity index (χ3v) is 3.42. The highest BCUT2D eigenvalue weighted by Crippen LogP contribution is 2.26. The first kappa shape index (κ1) is 12.5. The fraction of sp³-hybridized carbons (Fsp3) is 0. The molecule has 0 bridgehead atoms. The predicted octanol–water partition coefficient (Wildman–Crippen LogP) is 3.70. The van der Waals surface area contributed by atoms with Gasteiger partial charge < -0.3 is 9.40 Å². The van der Waals surface area contributed by atoms with Gasteiger partial charge in [0.15, 0.2) is 17.9 Å². The van der Waals surface area contributed by atoms with E-state index in [0.29, 0.717) is 17.8 Å². The SMILES string of the molecule is O=Cc1ccc(-c2ccc3nc(-c4ccccn4)[nH]c3c2)o1. The molecule has 1 N–H and O–H groups in total. The first-order valence-electron chi connectivity index (χ1n) is 6.80. The zero-order valence-electron chi connectivity index (χ0n) is 11.5. The van der Waals surface area contributed by atoms with Crippen molar-refractivity contribution >= 4 is 17.3 Å². The fourth-order valence-corrected chi connectivity index (χ4v) is 2.36. The molecule has 0 aliphatic carbocycles. The summed E-state index contributed by atoms with van der Waals surface area (Å²) in [5.41, 5.74) is 3.42. The van der Waals surface area contributed by atoms with Crippen LogP contribution in [0.4, 0.5) is 0 Å². The maximum Gasteiger partial charge on any atom is 0.185 e. The van der Waals surface area contributed by atoms with Gasteiger partial charge in [0.05, 0.1) is 11.0 Å². The van der Waals surface area contributed by atoms with E-state index in [1.54, 1.807) is 18.3 Å². The van der Waals surface area contributed by atoms with Crippen molar-refractivity contribution in [3.05, 3.63) is 60.5 Å². The second-order valence-corrected chi connectivity index (χ2v) is 4.85. The first-order valence-corrected chi connectivity index (χ1v) is 6.80. The average molecular weight is 289 g/mol. The van der Waals surface area contributed by atoms with E-state index in [2.05, 4.69) is 15.0 Å². The van der Waals surface area contributed by atoms with Crippen molar-refractivity contribution in [3.63, 3.8) is 0 Å². The van der Waals surface area contributed by atoms with Gasteiger partial charge in [-0.1, -0.05) is 6.07 Å². The number of pyridine rings is 1. The van der Waals surface area contributed by atoms with Crippen LogP contribution in [0.2, 0.25) is 0 Å². The lowest BCUT2D eigenvalue weighted by molar-refractivity contribution is 0.110. The van der Waals surface area contributed by atoms with Crippen LogP contribution < -0.4 is 0 Å². The van der Waals surface area contributed by atoms with Crippen LogP contribution in [0, 0.1) is 0 Å². The van der Waals surface area contributed by atoms with Gasteiger partial charge in [-0.25, -0.2) is 4.98 Å². The van der Waals surface area contributed by atoms with Gasteiger partial charge in [-0.3, -0.25) is 9.78 Å². The summed E-state index contributed by atoms with van der Waals surface area (Å²) in [4.78, 5) is 22.8. The average Bonchev–Trinajstić information content (AvgIpc) is 3.21.